The maximum Gasteiger partial charge on any atom is 0.387 e. The van der Waals surface area contributed by atoms with Crippen molar-refractivity contribution < 1.29 is 21.9 Å². The first kappa shape index (κ1) is 20.1. The van der Waals surface area contributed by atoms with Gasteiger partial charge in [-0.2, -0.15) is 8.78 Å². The van der Waals surface area contributed by atoms with Crippen molar-refractivity contribution in [3.63, 3.8) is 0 Å². The minimum atomic E-state index is -3.90. The van der Waals surface area contributed by atoms with Crippen LogP contribution in [0.2, 0.25) is 5.02 Å². The van der Waals surface area contributed by atoms with Crippen molar-refractivity contribution >= 4 is 21.6 Å². The van der Waals surface area contributed by atoms with Crippen LogP contribution in [0, 0.1) is 5.92 Å². The van der Waals surface area contributed by atoms with Gasteiger partial charge in [-0.05, 0) is 37.5 Å². The monoisotopic (exact) mass is 370 g/mol. The highest BCUT2D eigenvalue weighted by Crippen LogP contribution is 2.29. The Morgan fingerprint density at radius 1 is 1.39 bits per heavy atom. The van der Waals surface area contributed by atoms with Crippen LogP contribution < -0.4 is 15.2 Å². The third-order valence-electron chi connectivity index (χ3n) is 3.12. The van der Waals surface area contributed by atoms with E-state index in [-0.39, 0.29) is 28.1 Å². The second-order valence-electron chi connectivity index (χ2n) is 5.94. The zero-order valence-electron chi connectivity index (χ0n) is 13.1. The fourth-order valence-electron chi connectivity index (χ4n) is 2.29. The van der Waals surface area contributed by atoms with E-state index in [1.807, 2.05) is 13.8 Å². The molecule has 0 fully saturated rings. The van der Waals surface area contributed by atoms with Crippen LogP contribution in [0.5, 0.6) is 5.75 Å². The van der Waals surface area contributed by atoms with Gasteiger partial charge in [0.15, 0.2) is 0 Å². The number of benzene rings is 1. The van der Waals surface area contributed by atoms with Gasteiger partial charge in [0.05, 0.1) is 9.92 Å². The molecule has 3 N–H and O–H groups in total. The Bertz CT molecular complexity index is 641. The average Bonchev–Trinajstić information content (AvgIpc) is 2.38. The van der Waals surface area contributed by atoms with E-state index >= 15 is 0 Å². The third kappa shape index (κ3) is 5.87. The highest BCUT2D eigenvalue weighted by Gasteiger charge is 2.30. The van der Waals surface area contributed by atoms with Crippen molar-refractivity contribution in [2.24, 2.45) is 11.7 Å². The van der Waals surface area contributed by atoms with Crippen molar-refractivity contribution in [3.8, 4) is 5.75 Å². The van der Waals surface area contributed by atoms with Crippen LogP contribution in [0.15, 0.2) is 23.1 Å². The predicted octanol–water partition coefficient (Wildman–Crippen LogP) is 2.98. The molecule has 9 heteroatoms. The molecule has 132 valence electrons. The van der Waals surface area contributed by atoms with Gasteiger partial charge in [0.2, 0.25) is 10.0 Å². The van der Waals surface area contributed by atoms with Gasteiger partial charge in [-0.15, -0.1) is 0 Å². The van der Waals surface area contributed by atoms with Crippen LogP contribution in [0.1, 0.15) is 27.2 Å². The smallest absolute Gasteiger partial charge is 0.387 e. The second-order valence-corrected chi connectivity index (χ2v) is 8.03. The molecular formula is C14H21ClF2N2O3S. The summed E-state index contributed by atoms with van der Waals surface area (Å²) in [5.41, 5.74) is 4.87. The van der Waals surface area contributed by atoms with Crippen LogP contribution in [0.25, 0.3) is 0 Å². The van der Waals surface area contributed by atoms with E-state index in [0.29, 0.717) is 6.42 Å². The normalized spacial score (nSPS) is 15.0. The first-order valence-electron chi connectivity index (χ1n) is 6.97. The van der Waals surface area contributed by atoms with E-state index in [2.05, 4.69) is 9.46 Å². The van der Waals surface area contributed by atoms with Crippen LogP contribution >= 0.6 is 11.6 Å². The van der Waals surface area contributed by atoms with E-state index in [0.717, 1.165) is 18.2 Å². The molecule has 1 aromatic carbocycles. The molecule has 0 bridgehead atoms. The lowest BCUT2D eigenvalue weighted by molar-refractivity contribution is -0.0498. The number of hydrogen-bond acceptors (Lipinski definition) is 4. The van der Waals surface area contributed by atoms with Gasteiger partial charge in [-0.1, -0.05) is 25.4 Å². The number of sulfonamides is 1. The Balaban J connectivity index is 3.06. The lowest BCUT2D eigenvalue weighted by Crippen LogP contribution is -2.51. The molecule has 1 atom stereocenters. The highest BCUT2D eigenvalue weighted by molar-refractivity contribution is 7.89. The molecule has 1 rings (SSSR count). The van der Waals surface area contributed by atoms with Crippen LogP contribution in [0.4, 0.5) is 8.78 Å². The molecule has 5 nitrogen and oxygen atoms in total. The molecule has 0 saturated carbocycles. The second kappa shape index (κ2) is 7.74. The van der Waals surface area contributed by atoms with E-state index < -0.39 is 22.2 Å². The summed E-state index contributed by atoms with van der Waals surface area (Å²) in [5, 5.41) is -0.216. The molecule has 0 aromatic heterocycles. The van der Waals surface area contributed by atoms with Gasteiger partial charge in [-0.3, -0.25) is 0 Å². The molecule has 1 unspecified atom stereocenters. The summed E-state index contributed by atoms with van der Waals surface area (Å²) in [6.07, 6.45) is 0.545. The summed E-state index contributed by atoms with van der Waals surface area (Å²) in [6.45, 7) is 2.69. The third-order valence-corrected chi connectivity index (χ3v) is 5.05. The largest absolute Gasteiger partial charge is 0.433 e. The standard InChI is InChI=1S/C14H21ClF2N2O3S/c1-9(2)7-14(3,8-18)19-23(20,21)10-4-5-12(11(15)6-10)22-13(16)17/h4-6,9,13,19H,7-8,18H2,1-3H3. The topological polar surface area (TPSA) is 81.4 Å². The Labute approximate surface area is 140 Å². The Hall–Kier alpha value is -0.960. The van der Waals surface area contributed by atoms with Crippen LogP contribution in [0.3, 0.4) is 0 Å². The molecule has 0 aliphatic rings. The lowest BCUT2D eigenvalue weighted by atomic mass is 9.92. The molecule has 1 aromatic rings. The molecule has 0 saturated heterocycles. The van der Waals surface area contributed by atoms with Gasteiger partial charge in [0.1, 0.15) is 5.75 Å². The average molecular weight is 371 g/mol. The predicted molar refractivity (Wildman–Crippen MR) is 85.3 cm³/mol. The maximum absolute atomic E-state index is 12.5. The number of hydrogen-bond donors (Lipinski definition) is 2. The number of ether oxygens (including phenoxy) is 1. The molecular weight excluding hydrogens is 350 g/mol. The van der Waals surface area contributed by atoms with Gasteiger partial charge in [0, 0.05) is 12.1 Å². The lowest BCUT2D eigenvalue weighted by Gasteiger charge is -2.30. The fraction of sp³-hybridized carbons (Fsp3) is 0.571. The number of alkyl halides is 2. The summed E-state index contributed by atoms with van der Waals surface area (Å²) in [4.78, 5) is -0.146. The van der Waals surface area contributed by atoms with E-state index in [9.17, 15) is 17.2 Å². The number of rotatable bonds is 8. The summed E-state index contributed by atoms with van der Waals surface area (Å²) in [5.74, 6) is -0.0546. The zero-order chi connectivity index (χ0) is 17.8. The van der Waals surface area contributed by atoms with Crippen molar-refractivity contribution in [1.82, 2.24) is 4.72 Å². The Morgan fingerprint density at radius 3 is 2.43 bits per heavy atom. The van der Waals surface area contributed by atoms with E-state index in [1.165, 1.54) is 0 Å². The van der Waals surface area contributed by atoms with Crippen molar-refractivity contribution in [2.75, 3.05) is 6.54 Å². The summed E-state index contributed by atoms with van der Waals surface area (Å²) < 4.78 is 56.1. The van der Waals surface area contributed by atoms with Gasteiger partial charge in [-0.25, -0.2) is 13.1 Å². The SMILES string of the molecule is CC(C)CC(C)(CN)NS(=O)(=O)c1ccc(OC(F)F)c(Cl)c1. The number of nitrogens with one attached hydrogen (secondary N) is 1. The molecule has 0 aliphatic heterocycles. The molecule has 23 heavy (non-hydrogen) atoms. The summed E-state index contributed by atoms with van der Waals surface area (Å²) >= 11 is 5.79. The van der Waals surface area contributed by atoms with Crippen molar-refractivity contribution in [3.05, 3.63) is 23.2 Å². The van der Waals surface area contributed by atoms with Crippen LogP contribution in [-0.2, 0) is 10.0 Å². The van der Waals surface area contributed by atoms with Gasteiger partial charge in [0.25, 0.3) is 0 Å². The quantitative estimate of drug-likeness (QED) is 0.737. The highest BCUT2D eigenvalue weighted by atomic mass is 35.5. The van der Waals surface area contributed by atoms with E-state index in [4.69, 9.17) is 17.3 Å². The first-order chi connectivity index (χ1) is 10.5. The summed E-state index contributed by atoms with van der Waals surface area (Å²) in [7, 11) is -3.90. The first-order valence-corrected chi connectivity index (χ1v) is 8.83. The summed E-state index contributed by atoms with van der Waals surface area (Å²) in [6, 6.07) is 3.30. The molecule has 0 amide bonds. The van der Waals surface area contributed by atoms with Crippen molar-refractivity contribution in [2.45, 2.75) is 44.2 Å². The van der Waals surface area contributed by atoms with Gasteiger partial charge >= 0.3 is 6.61 Å². The number of nitrogens with two attached hydrogens (primary N) is 1. The fourth-order valence-corrected chi connectivity index (χ4v) is 4.03. The van der Waals surface area contributed by atoms with Crippen LogP contribution in [-0.4, -0.2) is 27.1 Å². The molecule has 0 aliphatic carbocycles. The van der Waals surface area contributed by atoms with Crippen molar-refractivity contribution in [1.29, 1.82) is 0 Å². The number of halogens is 3. The minimum Gasteiger partial charge on any atom is -0.433 e. The van der Waals surface area contributed by atoms with Gasteiger partial charge < -0.3 is 10.5 Å². The molecule has 0 spiro atoms. The van der Waals surface area contributed by atoms with E-state index in [1.54, 1.807) is 6.92 Å². The molecule has 0 heterocycles. The minimum absolute atomic E-state index is 0.116. The maximum atomic E-state index is 12.5. The zero-order valence-corrected chi connectivity index (χ0v) is 14.7. The Morgan fingerprint density at radius 2 is 2.00 bits per heavy atom. The Kier molecular flexibility index (Phi) is 6.76. The molecule has 0 radical (unpaired) electrons.